The summed E-state index contributed by atoms with van der Waals surface area (Å²) in [5.74, 6) is 1.86. The first-order chi connectivity index (χ1) is 4.74. The van der Waals surface area contributed by atoms with Crippen LogP contribution in [0.2, 0.25) is 0 Å². The smallest absolute Gasteiger partial charge is 0.139 e. The van der Waals surface area contributed by atoms with Crippen LogP contribution in [-0.4, -0.2) is 0 Å². The van der Waals surface area contributed by atoms with Gasteiger partial charge in [-0.05, 0) is 18.2 Å². The zero-order chi connectivity index (χ0) is 7.56. The Kier molecular flexibility index (Phi) is 2.08. The molecule has 1 rings (SSSR count). The third kappa shape index (κ3) is 1.37. The number of hydrogen-bond acceptors (Lipinski definition) is 0. The van der Waals surface area contributed by atoms with E-state index in [0.29, 0.717) is 10.0 Å². The summed E-state index contributed by atoms with van der Waals surface area (Å²) in [6.45, 7) is 0. The minimum absolute atomic E-state index is 0.295. The Balaban J connectivity index is 3.23. The van der Waals surface area contributed by atoms with Crippen LogP contribution in [0.15, 0.2) is 22.7 Å². The van der Waals surface area contributed by atoms with Crippen molar-refractivity contribution in [1.82, 2.24) is 0 Å². The third-order valence-corrected chi connectivity index (χ3v) is 1.58. The fourth-order valence-electron chi connectivity index (χ4n) is 0.607. The molecule has 0 unspecified atom stereocenters. The molecule has 0 N–H and O–H groups in total. The highest BCUT2D eigenvalue weighted by Gasteiger charge is 1.97. The quantitative estimate of drug-likeness (QED) is 0.563. The van der Waals surface area contributed by atoms with E-state index in [2.05, 4.69) is 21.9 Å². The Morgan fingerprint density at radius 3 is 2.70 bits per heavy atom. The van der Waals surface area contributed by atoms with E-state index in [1.54, 1.807) is 12.1 Å². The van der Waals surface area contributed by atoms with Gasteiger partial charge in [0, 0.05) is 4.47 Å². The molecule has 0 spiro atoms. The second kappa shape index (κ2) is 2.85. The van der Waals surface area contributed by atoms with Gasteiger partial charge >= 0.3 is 0 Å². The normalized spacial score (nSPS) is 8.90. The number of benzene rings is 1. The van der Waals surface area contributed by atoms with E-state index in [1.165, 1.54) is 6.07 Å². The second-order valence-corrected chi connectivity index (χ2v) is 2.68. The fourth-order valence-corrected chi connectivity index (χ4v) is 0.940. The molecule has 0 saturated heterocycles. The van der Waals surface area contributed by atoms with Gasteiger partial charge in [0.05, 0.1) is 5.56 Å². The zero-order valence-corrected chi connectivity index (χ0v) is 6.65. The summed E-state index contributed by atoms with van der Waals surface area (Å²) in [6.07, 6.45) is 5.00. The molecule has 0 bridgehead atoms. The van der Waals surface area contributed by atoms with Gasteiger partial charge in [-0.15, -0.1) is 6.42 Å². The molecule has 1 aromatic carbocycles. The van der Waals surface area contributed by atoms with E-state index in [1.807, 2.05) is 0 Å². The lowest BCUT2D eigenvalue weighted by Crippen LogP contribution is -1.80. The average Bonchev–Trinajstić information content (AvgIpc) is 1.88. The van der Waals surface area contributed by atoms with E-state index in [-0.39, 0.29) is 5.82 Å². The van der Waals surface area contributed by atoms with Gasteiger partial charge in [0.2, 0.25) is 0 Å². The van der Waals surface area contributed by atoms with Crippen LogP contribution in [0, 0.1) is 18.2 Å². The maximum absolute atomic E-state index is 12.7. The molecule has 2 heteroatoms. The molecule has 0 aliphatic carbocycles. The Labute approximate surface area is 67.2 Å². The van der Waals surface area contributed by atoms with Gasteiger partial charge in [0.1, 0.15) is 5.82 Å². The third-order valence-electron chi connectivity index (χ3n) is 1.09. The molecule has 10 heavy (non-hydrogen) atoms. The molecule has 0 aliphatic rings. The van der Waals surface area contributed by atoms with Crippen molar-refractivity contribution in [3.05, 3.63) is 34.1 Å². The highest BCUT2D eigenvalue weighted by atomic mass is 79.9. The van der Waals surface area contributed by atoms with Gasteiger partial charge in [-0.1, -0.05) is 21.9 Å². The predicted molar refractivity (Wildman–Crippen MR) is 42.0 cm³/mol. The summed E-state index contributed by atoms with van der Waals surface area (Å²) < 4.78 is 13.4. The van der Waals surface area contributed by atoms with Crippen molar-refractivity contribution in [2.75, 3.05) is 0 Å². The zero-order valence-electron chi connectivity index (χ0n) is 5.07. The largest absolute Gasteiger partial charge is 0.206 e. The summed E-state index contributed by atoms with van der Waals surface area (Å²) in [6, 6.07) is 4.60. The van der Waals surface area contributed by atoms with E-state index < -0.39 is 0 Å². The monoisotopic (exact) mass is 198 g/mol. The highest BCUT2D eigenvalue weighted by Crippen LogP contribution is 2.13. The molecule has 50 valence electrons. The molecule has 0 radical (unpaired) electrons. The van der Waals surface area contributed by atoms with Crippen molar-refractivity contribution in [2.45, 2.75) is 0 Å². The topological polar surface area (TPSA) is 0 Å². The lowest BCUT2D eigenvalue weighted by atomic mass is 10.2. The number of hydrogen-bond donors (Lipinski definition) is 0. The summed E-state index contributed by atoms with van der Waals surface area (Å²) in [5, 5.41) is 0. The molecule has 0 aromatic heterocycles. The van der Waals surface area contributed by atoms with E-state index in [4.69, 9.17) is 6.42 Å². The molecule has 0 fully saturated rings. The average molecular weight is 199 g/mol. The van der Waals surface area contributed by atoms with Crippen LogP contribution in [0.1, 0.15) is 5.56 Å². The maximum atomic E-state index is 12.7. The van der Waals surface area contributed by atoms with Crippen molar-refractivity contribution in [3.63, 3.8) is 0 Å². The molecular weight excluding hydrogens is 195 g/mol. The van der Waals surface area contributed by atoms with Crippen molar-refractivity contribution < 1.29 is 4.39 Å². The summed E-state index contributed by atoms with van der Waals surface area (Å²) in [7, 11) is 0. The second-order valence-electron chi connectivity index (χ2n) is 1.77. The van der Waals surface area contributed by atoms with E-state index in [9.17, 15) is 4.39 Å². The van der Waals surface area contributed by atoms with Gasteiger partial charge < -0.3 is 0 Å². The number of terminal acetylenes is 1. The van der Waals surface area contributed by atoms with Crippen LogP contribution in [0.4, 0.5) is 4.39 Å². The fraction of sp³-hybridized carbons (Fsp3) is 0. The van der Waals surface area contributed by atoms with Crippen molar-refractivity contribution in [2.24, 2.45) is 0 Å². The Hall–Kier alpha value is -0.810. The number of rotatable bonds is 0. The van der Waals surface area contributed by atoms with Crippen LogP contribution >= 0.6 is 15.9 Å². The molecular formula is C8H4BrF. The molecule has 0 heterocycles. The Morgan fingerprint density at radius 2 is 2.20 bits per heavy atom. The standard InChI is InChI=1S/C8H4BrF/c1-2-6-3-4-7(9)5-8(6)10/h1,3-5H. The first-order valence-electron chi connectivity index (χ1n) is 2.65. The molecule has 0 saturated carbocycles. The van der Waals surface area contributed by atoms with Gasteiger partial charge in [-0.25, -0.2) is 4.39 Å². The Bertz CT molecular complexity index is 286. The van der Waals surface area contributed by atoms with Gasteiger partial charge in [-0.2, -0.15) is 0 Å². The molecule has 0 atom stereocenters. The first kappa shape index (κ1) is 7.30. The van der Waals surface area contributed by atoms with Crippen LogP contribution in [0.3, 0.4) is 0 Å². The maximum Gasteiger partial charge on any atom is 0.139 e. The van der Waals surface area contributed by atoms with Crippen LogP contribution in [0.5, 0.6) is 0 Å². The van der Waals surface area contributed by atoms with E-state index >= 15 is 0 Å². The number of halogens is 2. The van der Waals surface area contributed by atoms with Gasteiger partial charge in [-0.3, -0.25) is 0 Å². The van der Waals surface area contributed by atoms with E-state index in [0.717, 1.165) is 0 Å². The lowest BCUT2D eigenvalue weighted by molar-refractivity contribution is 0.623. The van der Waals surface area contributed by atoms with Crippen LogP contribution in [0.25, 0.3) is 0 Å². The SMILES string of the molecule is C#Cc1ccc(Br)cc1F. The van der Waals surface area contributed by atoms with Crippen molar-refractivity contribution in [3.8, 4) is 12.3 Å². The van der Waals surface area contributed by atoms with Crippen LogP contribution in [-0.2, 0) is 0 Å². The highest BCUT2D eigenvalue weighted by molar-refractivity contribution is 9.10. The summed E-state index contributed by atoms with van der Waals surface area (Å²) >= 11 is 3.12. The summed E-state index contributed by atoms with van der Waals surface area (Å²) in [5.41, 5.74) is 0.295. The van der Waals surface area contributed by atoms with Crippen LogP contribution < -0.4 is 0 Å². The minimum atomic E-state index is -0.364. The van der Waals surface area contributed by atoms with Gasteiger partial charge in [0.15, 0.2) is 0 Å². The predicted octanol–water partition coefficient (Wildman–Crippen LogP) is 2.57. The minimum Gasteiger partial charge on any atom is -0.206 e. The molecule has 0 nitrogen and oxygen atoms in total. The van der Waals surface area contributed by atoms with Gasteiger partial charge in [0.25, 0.3) is 0 Å². The molecule has 0 aliphatic heterocycles. The lowest BCUT2D eigenvalue weighted by Gasteiger charge is -1.93. The van der Waals surface area contributed by atoms with Crippen molar-refractivity contribution in [1.29, 1.82) is 0 Å². The molecule has 0 amide bonds. The first-order valence-corrected chi connectivity index (χ1v) is 3.45. The Morgan fingerprint density at radius 1 is 1.50 bits per heavy atom. The van der Waals surface area contributed by atoms with Crippen molar-refractivity contribution >= 4 is 15.9 Å². The molecule has 1 aromatic rings. The summed E-state index contributed by atoms with van der Waals surface area (Å²) in [4.78, 5) is 0.